The van der Waals surface area contributed by atoms with Crippen molar-refractivity contribution in [3.8, 4) is 6.07 Å². The van der Waals surface area contributed by atoms with Crippen LogP contribution < -0.4 is 4.90 Å². The minimum atomic E-state index is -0.522. The summed E-state index contributed by atoms with van der Waals surface area (Å²) in [5.41, 5.74) is 2.97. The molecular weight excluding hydrogens is 258 g/mol. The minimum Gasteiger partial charge on any atom is -0.366 e. The maximum Gasteiger partial charge on any atom is 0.123 e. The lowest BCUT2D eigenvalue weighted by atomic mass is 9.70. The van der Waals surface area contributed by atoms with Crippen molar-refractivity contribution >= 4 is 5.69 Å². The van der Waals surface area contributed by atoms with Gasteiger partial charge in [-0.25, -0.2) is 0 Å². The Bertz CT molecular complexity index is 704. The Kier molecular flexibility index (Phi) is 2.71. The van der Waals surface area contributed by atoms with E-state index in [1.54, 1.807) is 6.20 Å². The van der Waals surface area contributed by atoms with Gasteiger partial charge in [0.15, 0.2) is 0 Å². The molecule has 1 saturated heterocycles. The van der Waals surface area contributed by atoms with Gasteiger partial charge in [0.1, 0.15) is 5.41 Å². The second-order valence-electron chi connectivity index (χ2n) is 5.96. The van der Waals surface area contributed by atoms with Crippen LogP contribution in [0, 0.1) is 11.3 Å². The van der Waals surface area contributed by atoms with Gasteiger partial charge in [0.05, 0.1) is 17.8 Å². The van der Waals surface area contributed by atoms with E-state index in [4.69, 9.17) is 0 Å². The smallest absolute Gasteiger partial charge is 0.123 e. The quantitative estimate of drug-likeness (QED) is 0.803. The number of fused-ring (bicyclic) bond motifs is 3. The number of pyridine rings is 1. The second-order valence-corrected chi connectivity index (χ2v) is 5.96. The molecule has 21 heavy (non-hydrogen) atoms. The highest BCUT2D eigenvalue weighted by atomic mass is 15.2. The number of benzene rings is 1. The molecule has 0 spiro atoms. The normalized spacial score (nSPS) is 26.8. The van der Waals surface area contributed by atoms with Crippen LogP contribution in [0.4, 0.5) is 5.69 Å². The second kappa shape index (κ2) is 4.60. The first-order chi connectivity index (χ1) is 10.3. The lowest BCUT2D eigenvalue weighted by Crippen LogP contribution is -2.52. The first-order valence-electron chi connectivity index (χ1n) is 7.52. The Hall–Kier alpha value is -2.34. The number of aromatic nitrogens is 1. The average Bonchev–Trinajstić information content (AvgIpc) is 3.05. The SMILES string of the molecule is N#CC1(c2ccccn2)Cc2ccccc2N2CCCC21. The van der Waals surface area contributed by atoms with Crippen molar-refractivity contribution in [2.75, 3.05) is 11.4 Å². The van der Waals surface area contributed by atoms with Gasteiger partial charge in [-0.1, -0.05) is 24.3 Å². The third-order valence-corrected chi connectivity index (χ3v) is 4.91. The van der Waals surface area contributed by atoms with E-state index in [2.05, 4.69) is 40.2 Å². The van der Waals surface area contributed by atoms with Crippen molar-refractivity contribution < 1.29 is 0 Å². The summed E-state index contributed by atoms with van der Waals surface area (Å²) in [5.74, 6) is 0. The predicted molar refractivity (Wildman–Crippen MR) is 82.0 cm³/mol. The van der Waals surface area contributed by atoms with Gasteiger partial charge in [-0.3, -0.25) is 4.98 Å². The van der Waals surface area contributed by atoms with Gasteiger partial charge >= 0.3 is 0 Å². The fourth-order valence-corrected chi connectivity index (χ4v) is 3.99. The zero-order valence-electron chi connectivity index (χ0n) is 11.9. The molecule has 0 radical (unpaired) electrons. The molecule has 2 aliphatic rings. The highest BCUT2D eigenvalue weighted by Crippen LogP contribution is 2.46. The van der Waals surface area contributed by atoms with Crippen molar-refractivity contribution in [1.82, 2.24) is 4.98 Å². The number of hydrogen-bond donors (Lipinski definition) is 0. The van der Waals surface area contributed by atoms with Crippen molar-refractivity contribution in [3.63, 3.8) is 0 Å². The fourth-order valence-electron chi connectivity index (χ4n) is 3.99. The largest absolute Gasteiger partial charge is 0.366 e. The van der Waals surface area contributed by atoms with E-state index in [0.29, 0.717) is 0 Å². The third-order valence-electron chi connectivity index (χ3n) is 4.91. The summed E-state index contributed by atoms with van der Waals surface area (Å²) in [6.45, 7) is 1.04. The first kappa shape index (κ1) is 12.4. The Balaban J connectivity index is 1.92. The fraction of sp³-hybridized carbons (Fsp3) is 0.333. The summed E-state index contributed by atoms with van der Waals surface area (Å²) in [6, 6.07) is 17.3. The third kappa shape index (κ3) is 1.69. The molecule has 0 N–H and O–H groups in total. The van der Waals surface area contributed by atoms with Gasteiger partial charge in [-0.15, -0.1) is 0 Å². The summed E-state index contributed by atoms with van der Waals surface area (Å²) >= 11 is 0. The zero-order valence-corrected chi connectivity index (χ0v) is 11.9. The van der Waals surface area contributed by atoms with Gasteiger partial charge in [0.2, 0.25) is 0 Å². The van der Waals surface area contributed by atoms with Crippen LogP contribution in [0.25, 0.3) is 0 Å². The summed E-state index contributed by atoms with van der Waals surface area (Å²) in [4.78, 5) is 6.96. The van der Waals surface area contributed by atoms with Crippen LogP contribution in [-0.2, 0) is 11.8 Å². The number of hydrogen-bond acceptors (Lipinski definition) is 3. The van der Waals surface area contributed by atoms with Crippen LogP contribution >= 0.6 is 0 Å². The van der Waals surface area contributed by atoms with Gasteiger partial charge in [-0.05, 0) is 36.6 Å². The minimum absolute atomic E-state index is 0.243. The maximum atomic E-state index is 10.1. The summed E-state index contributed by atoms with van der Waals surface area (Å²) in [6.07, 6.45) is 4.78. The predicted octanol–water partition coefficient (Wildman–Crippen LogP) is 3.07. The lowest BCUT2D eigenvalue weighted by molar-refractivity contribution is 0.401. The Morgan fingerprint density at radius 2 is 2.05 bits per heavy atom. The zero-order chi connectivity index (χ0) is 14.3. The van der Waals surface area contributed by atoms with Crippen molar-refractivity contribution in [2.45, 2.75) is 30.7 Å². The molecule has 3 heterocycles. The molecule has 0 bridgehead atoms. The number of nitriles is 1. The van der Waals surface area contributed by atoms with E-state index in [0.717, 1.165) is 31.5 Å². The van der Waals surface area contributed by atoms with Crippen LogP contribution in [0.1, 0.15) is 24.1 Å². The molecule has 3 nitrogen and oxygen atoms in total. The molecule has 4 rings (SSSR count). The van der Waals surface area contributed by atoms with Crippen LogP contribution in [-0.4, -0.2) is 17.6 Å². The van der Waals surface area contributed by atoms with E-state index >= 15 is 0 Å². The number of rotatable bonds is 1. The molecule has 2 aliphatic heterocycles. The molecule has 0 saturated carbocycles. The molecule has 0 aliphatic carbocycles. The summed E-state index contributed by atoms with van der Waals surface area (Å²) in [7, 11) is 0. The lowest BCUT2D eigenvalue weighted by Gasteiger charge is -2.44. The van der Waals surface area contributed by atoms with Gasteiger partial charge in [0, 0.05) is 24.8 Å². The molecule has 104 valence electrons. The number of anilines is 1. The molecule has 3 heteroatoms. The van der Waals surface area contributed by atoms with E-state index in [9.17, 15) is 5.26 Å². The molecule has 2 atom stereocenters. The monoisotopic (exact) mass is 275 g/mol. The topological polar surface area (TPSA) is 39.9 Å². The Morgan fingerprint density at radius 1 is 1.19 bits per heavy atom. The molecule has 1 fully saturated rings. The highest BCUT2D eigenvalue weighted by molar-refractivity contribution is 5.62. The van der Waals surface area contributed by atoms with Gasteiger partial charge in [0.25, 0.3) is 0 Å². The molecular formula is C18H17N3. The number of para-hydroxylation sites is 1. The van der Waals surface area contributed by atoms with Crippen LogP contribution in [0.3, 0.4) is 0 Å². The summed E-state index contributed by atoms with van der Waals surface area (Å²) < 4.78 is 0. The van der Waals surface area contributed by atoms with Gasteiger partial charge < -0.3 is 4.90 Å². The highest BCUT2D eigenvalue weighted by Gasteiger charge is 2.50. The standard InChI is InChI=1S/C18H17N3/c19-13-18(16-8-3-4-10-20-16)12-14-6-1-2-7-15(14)21-11-5-9-17(18)21/h1-4,6-8,10,17H,5,9,11-12H2. The molecule has 1 aromatic carbocycles. The Morgan fingerprint density at radius 3 is 2.86 bits per heavy atom. The van der Waals surface area contributed by atoms with Crippen LogP contribution in [0.2, 0.25) is 0 Å². The van der Waals surface area contributed by atoms with Crippen molar-refractivity contribution in [3.05, 3.63) is 59.9 Å². The molecule has 0 amide bonds. The number of nitrogens with zero attached hydrogens (tertiary/aromatic N) is 3. The van der Waals surface area contributed by atoms with Crippen LogP contribution in [0.5, 0.6) is 0 Å². The maximum absolute atomic E-state index is 10.1. The molecule has 2 unspecified atom stereocenters. The molecule has 1 aromatic heterocycles. The first-order valence-corrected chi connectivity index (χ1v) is 7.52. The Labute approximate surface area is 124 Å². The van der Waals surface area contributed by atoms with E-state index in [1.807, 2.05) is 18.2 Å². The summed E-state index contributed by atoms with van der Waals surface area (Å²) in [5, 5.41) is 10.1. The van der Waals surface area contributed by atoms with Crippen molar-refractivity contribution in [1.29, 1.82) is 5.26 Å². The van der Waals surface area contributed by atoms with E-state index < -0.39 is 5.41 Å². The van der Waals surface area contributed by atoms with Gasteiger partial charge in [-0.2, -0.15) is 5.26 Å². The molecule has 2 aromatic rings. The van der Waals surface area contributed by atoms with Crippen molar-refractivity contribution in [2.24, 2.45) is 0 Å². The van der Waals surface area contributed by atoms with E-state index in [-0.39, 0.29) is 6.04 Å². The van der Waals surface area contributed by atoms with Crippen LogP contribution in [0.15, 0.2) is 48.7 Å². The average molecular weight is 275 g/mol. The van der Waals surface area contributed by atoms with E-state index in [1.165, 1.54) is 11.3 Å².